The van der Waals surface area contributed by atoms with Gasteiger partial charge in [0.1, 0.15) is 0 Å². The predicted octanol–water partition coefficient (Wildman–Crippen LogP) is -1.75. The van der Waals surface area contributed by atoms with E-state index in [-0.39, 0.29) is 12.1 Å². The van der Waals surface area contributed by atoms with E-state index in [9.17, 15) is 0 Å². The number of aliphatic hydroxyl groups is 1. The van der Waals surface area contributed by atoms with E-state index in [1.54, 1.807) is 6.07 Å². The molecule has 4 nitrogen and oxygen atoms in total. The van der Waals surface area contributed by atoms with Crippen LogP contribution in [0.25, 0.3) is 0 Å². The Balaban J connectivity index is 3.02. The highest BCUT2D eigenvalue weighted by molar-refractivity contribution is 6.59. The van der Waals surface area contributed by atoms with Crippen molar-refractivity contribution in [2.45, 2.75) is 6.61 Å². The Hall–Kier alpha value is -0.905. The van der Waals surface area contributed by atoms with Crippen LogP contribution >= 0.6 is 0 Å². The summed E-state index contributed by atoms with van der Waals surface area (Å²) >= 11 is 0. The van der Waals surface area contributed by atoms with Gasteiger partial charge in [0.2, 0.25) is 0 Å². The highest BCUT2D eigenvalue weighted by Crippen LogP contribution is 1.90. The van der Waals surface area contributed by atoms with E-state index in [0.717, 1.165) is 0 Å². The van der Waals surface area contributed by atoms with Crippen LogP contribution in [0.2, 0.25) is 0 Å². The molecule has 58 valence electrons. The van der Waals surface area contributed by atoms with Gasteiger partial charge in [0.15, 0.2) is 0 Å². The summed E-state index contributed by atoms with van der Waals surface area (Å²) in [6.45, 7) is -0.284. The van der Waals surface area contributed by atoms with Crippen LogP contribution in [-0.2, 0) is 6.61 Å². The fourth-order valence-corrected chi connectivity index (χ4v) is 0.818. The number of pyridine rings is 1. The molecule has 0 fully saturated rings. The maximum atomic E-state index is 8.74. The van der Waals surface area contributed by atoms with Crippen molar-refractivity contribution in [1.82, 2.24) is 4.98 Å². The smallest absolute Gasteiger partial charge is 0.423 e. The van der Waals surface area contributed by atoms with Gasteiger partial charge in [-0.25, -0.2) is 0 Å². The molecule has 0 aliphatic rings. The van der Waals surface area contributed by atoms with Crippen LogP contribution in [0.15, 0.2) is 18.3 Å². The molecule has 1 rings (SSSR count). The van der Waals surface area contributed by atoms with Gasteiger partial charge >= 0.3 is 7.12 Å². The first-order valence-electron chi connectivity index (χ1n) is 3.16. The Bertz CT molecular complexity index is 241. The third kappa shape index (κ3) is 1.77. The molecule has 1 aromatic heterocycles. The minimum Gasteiger partial charge on any atom is -0.423 e. The first-order valence-corrected chi connectivity index (χ1v) is 3.16. The van der Waals surface area contributed by atoms with Gasteiger partial charge in [-0.3, -0.25) is 4.98 Å². The summed E-state index contributed by atoms with van der Waals surface area (Å²) < 4.78 is 0. The summed E-state index contributed by atoms with van der Waals surface area (Å²) in [6.07, 6.45) is 1.48. The van der Waals surface area contributed by atoms with Crippen LogP contribution in [0, 0.1) is 0 Å². The average Bonchev–Trinajstić information content (AvgIpc) is 2.04. The molecule has 0 bridgehead atoms. The Morgan fingerprint density at radius 3 is 2.64 bits per heavy atom. The van der Waals surface area contributed by atoms with Crippen molar-refractivity contribution in [3.63, 3.8) is 0 Å². The van der Waals surface area contributed by atoms with E-state index in [2.05, 4.69) is 4.98 Å². The van der Waals surface area contributed by atoms with Gasteiger partial charge in [0, 0.05) is 11.7 Å². The zero-order valence-corrected chi connectivity index (χ0v) is 5.81. The van der Waals surface area contributed by atoms with E-state index in [0.29, 0.717) is 5.69 Å². The molecule has 0 radical (unpaired) electrons. The molecule has 0 unspecified atom stereocenters. The van der Waals surface area contributed by atoms with Gasteiger partial charge in [-0.15, -0.1) is 0 Å². The molecule has 11 heavy (non-hydrogen) atoms. The largest absolute Gasteiger partial charge is 0.490 e. The first-order chi connectivity index (χ1) is 5.25. The molecule has 0 spiro atoms. The van der Waals surface area contributed by atoms with E-state index in [1.807, 2.05) is 0 Å². The molecule has 3 N–H and O–H groups in total. The van der Waals surface area contributed by atoms with Crippen LogP contribution < -0.4 is 5.46 Å². The molecule has 0 aliphatic heterocycles. The van der Waals surface area contributed by atoms with Crippen molar-refractivity contribution >= 4 is 12.6 Å². The molecule has 0 saturated heterocycles. The van der Waals surface area contributed by atoms with E-state index >= 15 is 0 Å². The molecular weight excluding hydrogens is 145 g/mol. The lowest BCUT2D eigenvalue weighted by Crippen LogP contribution is -2.33. The second kappa shape index (κ2) is 3.48. The third-order valence-corrected chi connectivity index (χ3v) is 1.35. The van der Waals surface area contributed by atoms with Gasteiger partial charge in [0.25, 0.3) is 0 Å². The lowest BCUT2D eigenvalue weighted by molar-refractivity contribution is 0.277. The van der Waals surface area contributed by atoms with Crippen molar-refractivity contribution in [2.24, 2.45) is 0 Å². The highest BCUT2D eigenvalue weighted by Gasteiger charge is 2.14. The fraction of sp³-hybridized carbons (Fsp3) is 0.167. The summed E-state index contributed by atoms with van der Waals surface area (Å²) in [7, 11) is -1.56. The normalized spacial score (nSPS) is 9.73. The maximum absolute atomic E-state index is 8.74. The van der Waals surface area contributed by atoms with Crippen LogP contribution in [-0.4, -0.2) is 27.3 Å². The van der Waals surface area contributed by atoms with Crippen LogP contribution in [0.5, 0.6) is 0 Å². The molecule has 0 aliphatic carbocycles. The summed E-state index contributed by atoms with van der Waals surface area (Å²) in [4.78, 5) is 3.75. The van der Waals surface area contributed by atoms with Crippen molar-refractivity contribution < 1.29 is 15.2 Å². The predicted molar refractivity (Wildman–Crippen MR) is 40.0 cm³/mol. The second-order valence-electron chi connectivity index (χ2n) is 2.07. The van der Waals surface area contributed by atoms with Crippen LogP contribution in [0.3, 0.4) is 0 Å². The lowest BCUT2D eigenvalue weighted by atomic mass is 9.79. The molecule has 0 atom stereocenters. The molecule has 1 heterocycles. The fourth-order valence-electron chi connectivity index (χ4n) is 0.818. The number of hydrogen-bond acceptors (Lipinski definition) is 4. The number of nitrogens with zero attached hydrogens (tertiary/aromatic N) is 1. The summed E-state index contributed by atoms with van der Waals surface area (Å²) in [6, 6.07) is 3.08. The minimum atomic E-state index is -1.56. The van der Waals surface area contributed by atoms with E-state index in [1.165, 1.54) is 12.3 Å². The highest BCUT2D eigenvalue weighted by atomic mass is 16.4. The molecular formula is C6H8BNO3. The van der Waals surface area contributed by atoms with Crippen molar-refractivity contribution in [2.75, 3.05) is 0 Å². The monoisotopic (exact) mass is 153 g/mol. The Labute approximate surface area is 64.3 Å². The molecule has 0 saturated carbocycles. The van der Waals surface area contributed by atoms with Gasteiger partial charge < -0.3 is 15.2 Å². The zero-order chi connectivity index (χ0) is 8.27. The van der Waals surface area contributed by atoms with Gasteiger partial charge in [0.05, 0.1) is 12.3 Å². The van der Waals surface area contributed by atoms with Crippen molar-refractivity contribution in [3.8, 4) is 0 Å². The van der Waals surface area contributed by atoms with Gasteiger partial charge in [-0.1, -0.05) is 6.07 Å². The van der Waals surface area contributed by atoms with E-state index < -0.39 is 7.12 Å². The topological polar surface area (TPSA) is 73.6 Å². The number of rotatable bonds is 2. The van der Waals surface area contributed by atoms with Crippen molar-refractivity contribution in [3.05, 3.63) is 24.0 Å². The molecule has 0 aromatic carbocycles. The maximum Gasteiger partial charge on any atom is 0.490 e. The van der Waals surface area contributed by atoms with Crippen LogP contribution in [0.1, 0.15) is 5.69 Å². The summed E-state index contributed by atoms with van der Waals surface area (Å²) in [5, 5.41) is 26.2. The second-order valence-corrected chi connectivity index (χ2v) is 2.07. The molecule has 0 amide bonds. The minimum absolute atomic E-state index is 0.245. The molecule has 1 aromatic rings. The summed E-state index contributed by atoms with van der Waals surface area (Å²) in [5.74, 6) is 0. The molecule has 5 heteroatoms. The van der Waals surface area contributed by atoms with E-state index in [4.69, 9.17) is 15.2 Å². The summed E-state index contributed by atoms with van der Waals surface area (Å²) in [5.41, 5.74) is 0.539. The zero-order valence-electron chi connectivity index (χ0n) is 5.81. The third-order valence-electron chi connectivity index (χ3n) is 1.35. The Morgan fingerprint density at radius 1 is 1.45 bits per heavy atom. The van der Waals surface area contributed by atoms with Gasteiger partial charge in [-0.2, -0.15) is 0 Å². The standard InChI is InChI=1S/C6H8BNO3/c9-4-6-5(7(10)11)2-1-3-8-6/h1-3,9-11H,4H2. The van der Waals surface area contributed by atoms with Gasteiger partial charge in [-0.05, 0) is 6.07 Å². The van der Waals surface area contributed by atoms with Crippen molar-refractivity contribution in [1.29, 1.82) is 0 Å². The quantitative estimate of drug-likeness (QED) is 0.440. The number of aliphatic hydroxyl groups excluding tert-OH is 1. The average molecular weight is 153 g/mol. The van der Waals surface area contributed by atoms with Crippen LogP contribution in [0.4, 0.5) is 0 Å². The first kappa shape index (κ1) is 8.19. The number of hydrogen-bond donors (Lipinski definition) is 3. The Kier molecular flexibility index (Phi) is 2.59. The Morgan fingerprint density at radius 2 is 2.18 bits per heavy atom. The number of aromatic nitrogens is 1. The SMILES string of the molecule is OCc1ncccc1B(O)O. The lowest BCUT2D eigenvalue weighted by Gasteiger charge is -2.02.